The van der Waals surface area contributed by atoms with E-state index in [1.807, 2.05) is 12.1 Å². The fourth-order valence-corrected chi connectivity index (χ4v) is 7.07. The maximum absolute atomic E-state index is 13.2. The zero-order valence-corrected chi connectivity index (χ0v) is 23.4. The van der Waals surface area contributed by atoms with E-state index >= 15 is 0 Å². The largest absolute Gasteiger partial charge is 1.00 e. The topological polar surface area (TPSA) is 83.9 Å². The number of fused-ring (bicyclic) bond motifs is 2. The van der Waals surface area contributed by atoms with E-state index in [4.69, 9.17) is 11.6 Å². The highest BCUT2D eigenvalue weighted by atomic mass is 127. The maximum atomic E-state index is 13.2. The Morgan fingerprint density at radius 1 is 1.09 bits per heavy atom. The molecule has 0 saturated carbocycles. The van der Waals surface area contributed by atoms with Crippen molar-refractivity contribution < 1.29 is 42.2 Å². The number of carbonyl (C=O) groups excluding carboxylic acids is 1. The van der Waals surface area contributed by atoms with Crippen molar-refractivity contribution in [3.63, 3.8) is 0 Å². The molecule has 0 spiro atoms. The van der Waals surface area contributed by atoms with Gasteiger partial charge in [0, 0.05) is 43.3 Å². The molecular weight excluding hydrogens is 607 g/mol. The van der Waals surface area contributed by atoms with Crippen LogP contribution in [0.2, 0.25) is 5.02 Å². The highest BCUT2D eigenvalue weighted by molar-refractivity contribution is 7.89. The highest BCUT2D eigenvalue weighted by Crippen LogP contribution is 2.27. The van der Waals surface area contributed by atoms with E-state index < -0.39 is 10.0 Å². The number of hydrogen-bond donors (Lipinski definition) is 1. The Morgan fingerprint density at radius 2 is 1.76 bits per heavy atom. The molecule has 0 aliphatic carbocycles. The monoisotopic (exact) mass is 632 g/mol. The number of sulfonamides is 1. The minimum atomic E-state index is -3.64. The summed E-state index contributed by atoms with van der Waals surface area (Å²) in [6.45, 7) is 6.31. The van der Waals surface area contributed by atoms with Gasteiger partial charge in [0.2, 0.25) is 10.0 Å². The zero-order valence-electron chi connectivity index (χ0n) is 18.9. The van der Waals surface area contributed by atoms with Crippen LogP contribution >= 0.6 is 22.9 Å². The van der Waals surface area contributed by atoms with Gasteiger partial charge < -0.3 is 34.2 Å². The first kappa shape index (κ1) is 25.8. The van der Waals surface area contributed by atoms with E-state index in [9.17, 15) is 13.2 Å². The smallest absolute Gasteiger partial charge is 0.330 e. The number of rotatable bonds is 3. The van der Waals surface area contributed by atoms with Gasteiger partial charge in [-0.1, -0.05) is 35.1 Å². The van der Waals surface area contributed by atoms with Crippen molar-refractivity contribution in [2.24, 2.45) is 0 Å². The van der Waals surface area contributed by atoms with Gasteiger partial charge in [-0.3, -0.25) is 4.79 Å². The summed E-state index contributed by atoms with van der Waals surface area (Å²) < 4.78 is 27.9. The average Bonchev–Trinajstić information content (AvgIpc) is 3.20. The minimum Gasteiger partial charge on any atom is -1.00 e. The Morgan fingerprint density at radius 3 is 2.50 bits per heavy atom. The number of nitrogens with zero attached hydrogens (tertiary/aromatic N) is 2. The number of piperazine rings is 1. The Labute approximate surface area is 225 Å². The van der Waals surface area contributed by atoms with Gasteiger partial charge in [-0.25, -0.2) is 8.42 Å². The fraction of sp³-hybridized carbons (Fsp3) is 0.391. The van der Waals surface area contributed by atoms with Crippen LogP contribution in [0, 0.1) is 0 Å². The Hall–Kier alpha value is -1.31. The second kappa shape index (κ2) is 9.62. The van der Waals surface area contributed by atoms with Gasteiger partial charge in [-0.15, -0.1) is 0 Å². The minimum absolute atomic E-state index is 0. The molecule has 5 rings (SSSR count). The molecule has 34 heavy (non-hydrogen) atoms. The summed E-state index contributed by atoms with van der Waals surface area (Å²) in [6.07, 6.45) is 0.843. The van der Waals surface area contributed by atoms with Crippen LogP contribution in [0.3, 0.4) is 0 Å². The molecule has 0 radical (unpaired) electrons. The van der Waals surface area contributed by atoms with E-state index in [1.54, 1.807) is 29.2 Å². The number of halogens is 2. The molecule has 2 aromatic carbocycles. The number of hydrogen-bond acceptors (Lipinski definition) is 5. The lowest BCUT2D eigenvalue weighted by molar-refractivity contribution is -0.389. The maximum Gasteiger partial charge on any atom is 0.330 e. The Kier molecular flexibility index (Phi) is 7.30. The second-order valence-electron chi connectivity index (χ2n) is 9.22. The summed E-state index contributed by atoms with van der Waals surface area (Å²) in [4.78, 5) is 19.6. The summed E-state index contributed by atoms with van der Waals surface area (Å²) in [5.41, 5.74) is 1.12. The first-order chi connectivity index (χ1) is 15.6. The molecule has 7 nitrogen and oxygen atoms in total. The van der Waals surface area contributed by atoms with Crippen LogP contribution in [-0.4, -0.2) is 55.2 Å². The summed E-state index contributed by atoms with van der Waals surface area (Å²) in [5.74, 6) is -0.0631. The van der Waals surface area contributed by atoms with Crippen molar-refractivity contribution >= 4 is 49.6 Å². The number of amides is 1. The molecular formula is C23H26ClIN4O3S2. The van der Waals surface area contributed by atoms with Crippen LogP contribution in [0.25, 0.3) is 10.8 Å². The molecule has 1 aromatic heterocycles. The number of aromatic nitrogens is 1. The Balaban J connectivity index is 0.00000274. The predicted octanol–water partition coefficient (Wildman–Crippen LogP) is -0.0562. The molecule has 0 unspecified atom stereocenters. The third-order valence-electron chi connectivity index (χ3n) is 6.30. The molecule has 0 atom stereocenters. The third kappa shape index (κ3) is 4.98. The van der Waals surface area contributed by atoms with Crippen molar-refractivity contribution in [1.29, 1.82) is 0 Å². The molecule has 1 amide bonds. The summed E-state index contributed by atoms with van der Waals surface area (Å²) in [5, 5.41) is 6.43. The predicted molar refractivity (Wildman–Crippen MR) is 129 cm³/mol. The number of benzene rings is 2. The van der Waals surface area contributed by atoms with E-state index in [0.29, 0.717) is 23.1 Å². The lowest BCUT2D eigenvalue weighted by Gasteiger charge is -2.33. The van der Waals surface area contributed by atoms with Crippen LogP contribution in [0.15, 0.2) is 41.3 Å². The van der Waals surface area contributed by atoms with Crippen LogP contribution in [0.1, 0.15) is 34.2 Å². The standard InChI is InChI=1S/C23H25ClN4O3S2.HI/c1-23(2)13-19-20(14-25-23)32-21(26-19)22(29)27-7-9-28(10-8-27)33(30,31)18-6-4-15-11-17(24)5-3-16(15)12-18;/h3-6,11-12,25H,7-10,13-14H2,1-2H3;1H. The van der Waals surface area contributed by atoms with Gasteiger partial charge in [-0.05, 0) is 48.9 Å². The number of H-pyrrole nitrogens is 1. The zero-order chi connectivity index (χ0) is 23.4. The van der Waals surface area contributed by atoms with Crippen LogP contribution < -0.4 is 34.3 Å². The summed E-state index contributed by atoms with van der Waals surface area (Å²) >= 11 is 7.52. The third-order valence-corrected chi connectivity index (χ3v) is 9.55. The normalized spacial score (nSPS) is 18.4. The van der Waals surface area contributed by atoms with Gasteiger partial charge in [0.15, 0.2) is 5.69 Å². The molecule has 3 heterocycles. The fourth-order valence-electron chi connectivity index (χ4n) is 4.40. The second-order valence-corrected chi connectivity index (χ2v) is 12.7. The summed E-state index contributed by atoms with van der Waals surface area (Å²) in [6, 6.07) is 10.5. The van der Waals surface area contributed by atoms with Crippen molar-refractivity contribution in [3.8, 4) is 0 Å². The van der Waals surface area contributed by atoms with Gasteiger partial charge in [-0.2, -0.15) is 9.29 Å². The van der Waals surface area contributed by atoms with Crippen molar-refractivity contribution in [1.82, 2.24) is 14.5 Å². The van der Waals surface area contributed by atoms with Crippen LogP contribution in [0.4, 0.5) is 0 Å². The molecule has 1 fully saturated rings. The van der Waals surface area contributed by atoms with E-state index in [1.165, 1.54) is 15.6 Å². The quantitative estimate of drug-likeness (QED) is 0.411. The van der Waals surface area contributed by atoms with Crippen molar-refractivity contribution in [3.05, 3.63) is 57.0 Å². The van der Waals surface area contributed by atoms with Crippen molar-refractivity contribution in [2.45, 2.75) is 37.2 Å². The lowest BCUT2D eigenvalue weighted by atomic mass is 9.94. The average molecular weight is 633 g/mol. The Bertz CT molecular complexity index is 1350. The van der Waals surface area contributed by atoms with E-state index in [-0.39, 0.29) is 53.4 Å². The SMILES string of the molecule is CC1(C)Cc2[nH+]c(C(=O)N3CCN(S(=O)(=O)c4ccc5cc(Cl)ccc5c4)CC3)sc2CN1.[I-]. The number of aromatic amines is 1. The molecule has 2 aliphatic rings. The molecule has 11 heteroatoms. The lowest BCUT2D eigenvalue weighted by Crippen LogP contribution is -3.00. The van der Waals surface area contributed by atoms with Gasteiger partial charge in [0.05, 0.1) is 16.2 Å². The number of thiazole rings is 1. The van der Waals surface area contributed by atoms with Crippen LogP contribution in [0.5, 0.6) is 0 Å². The van der Waals surface area contributed by atoms with Gasteiger partial charge in [0.25, 0.3) is 0 Å². The molecule has 0 bridgehead atoms. The molecule has 2 N–H and O–H groups in total. The molecule has 1 saturated heterocycles. The van der Waals surface area contributed by atoms with Gasteiger partial charge in [0.1, 0.15) is 0 Å². The van der Waals surface area contributed by atoms with Crippen molar-refractivity contribution in [2.75, 3.05) is 26.2 Å². The summed E-state index contributed by atoms with van der Waals surface area (Å²) in [7, 11) is -3.64. The van der Waals surface area contributed by atoms with E-state index in [2.05, 4.69) is 24.1 Å². The molecule has 3 aromatic rings. The van der Waals surface area contributed by atoms with E-state index in [0.717, 1.165) is 34.3 Å². The first-order valence-corrected chi connectivity index (χ1v) is 13.5. The van der Waals surface area contributed by atoms with Gasteiger partial charge >= 0.3 is 10.9 Å². The van der Waals surface area contributed by atoms with Crippen LogP contribution in [-0.2, 0) is 23.0 Å². The molecule has 182 valence electrons. The number of carbonyl (C=O) groups is 1. The number of nitrogens with one attached hydrogen (secondary N) is 2. The molecule has 2 aliphatic heterocycles. The highest BCUT2D eigenvalue weighted by Gasteiger charge is 2.36. The first-order valence-electron chi connectivity index (χ1n) is 10.9.